The van der Waals surface area contributed by atoms with Crippen molar-refractivity contribution >= 4 is 23.6 Å². The third-order valence-corrected chi connectivity index (χ3v) is 5.35. The molecule has 0 spiro atoms. The van der Waals surface area contributed by atoms with Crippen LogP contribution in [0.3, 0.4) is 0 Å². The van der Waals surface area contributed by atoms with E-state index in [1.165, 1.54) is 11.8 Å². The number of hydrogen-bond donors (Lipinski definition) is 1. The summed E-state index contributed by atoms with van der Waals surface area (Å²) in [5.74, 6) is 1.04. The van der Waals surface area contributed by atoms with Gasteiger partial charge in [0.25, 0.3) is 5.91 Å². The highest BCUT2D eigenvalue weighted by molar-refractivity contribution is 7.99. The monoisotopic (exact) mass is 399 g/mol. The minimum Gasteiger partial charge on any atom is -0.492 e. The zero-order valence-corrected chi connectivity index (χ0v) is 16.8. The van der Waals surface area contributed by atoms with Crippen molar-refractivity contribution in [1.82, 2.24) is 15.2 Å². The number of amides is 2. The van der Waals surface area contributed by atoms with Gasteiger partial charge in [-0.05, 0) is 49.6 Å². The molecule has 0 unspecified atom stereocenters. The highest BCUT2D eigenvalue weighted by Gasteiger charge is 2.19. The number of carbonyl (C=O) groups excluding carboxylic acids is 2. The number of nitrogens with one attached hydrogen (secondary N) is 1. The summed E-state index contributed by atoms with van der Waals surface area (Å²) in [6, 6.07) is 11.4. The Hall–Kier alpha value is -2.54. The normalized spacial score (nSPS) is 13.4. The average molecular weight is 400 g/mol. The first kappa shape index (κ1) is 20.2. The number of hydrogen-bond acceptors (Lipinski definition) is 5. The van der Waals surface area contributed by atoms with Gasteiger partial charge in [0.15, 0.2) is 0 Å². The number of thioether (sulfide) groups is 1. The Labute approximate surface area is 169 Å². The summed E-state index contributed by atoms with van der Waals surface area (Å²) < 4.78 is 5.61. The number of aromatic nitrogens is 1. The molecule has 1 N–H and O–H groups in total. The third kappa shape index (κ3) is 5.99. The second kappa shape index (κ2) is 10.1. The lowest BCUT2D eigenvalue weighted by Crippen LogP contribution is -2.29. The van der Waals surface area contributed by atoms with Crippen molar-refractivity contribution in [2.45, 2.75) is 24.8 Å². The average Bonchev–Trinajstić information content (AvgIpc) is 3.24. The summed E-state index contributed by atoms with van der Waals surface area (Å²) in [4.78, 5) is 30.4. The predicted octanol–water partition coefficient (Wildman–Crippen LogP) is 2.91. The minimum absolute atomic E-state index is 0.0351. The van der Waals surface area contributed by atoms with E-state index in [9.17, 15) is 9.59 Å². The first-order valence-electron chi connectivity index (χ1n) is 9.46. The maximum atomic E-state index is 12.3. The van der Waals surface area contributed by atoms with Crippen LogP contribution in [0, 0.1) is 6.92 Å². The van der Waals surface area contributed by atoms with Crippen molar-refractivity contribution in [3.05, 3.63) is 53.7 Å². The molecule has 28 heavy (non-hydrogen) atoms. The van der Waals surface area contributed by atoms with Gasteiger partial charge >= 0.3 is 0 Å². The SMILES string of the molecule is Cc1cccc(OCCNC(=O)CSc2ccc(C(=O)N3CCCC3)cn2)c1. The Bertz CT molecular complexity index is 805. The van der Waals surface area contributed by atoms with Crippen LogP contribution < -0.4 is 10.1 Å². The topological polar surface area (TPSA) is 71.5 Å². The van der Waals surface area contributed by atoms with Gasteiger partial charge in [0.2, 0.25) is 5.91 Å². The molecular weight excluding hydrogens is 374 g/mol. The van der Waals surface area contributed by atoms with Crippen LogP contribution >= 0.6 is 11.8 Å². The minimum atomic E-state index is -0.0724. The molecule has 0 atom stereocenters. The molecule has 7 heteroatoms. The van der Waals surface area contributed by atoms with E-state index in [4.69, 9.17) is 4.74 Å². The second-order valence-electron chi connectivity index (χ2n) is 6.69. The van der Waals surface area contributed by atoms with Crippen molar-refractivity contribution in [2.24, 2.45) is 0 Å². The van der Waals surface area contributed by atoms with E-state index >= 15 is 0 Å². The summed E-state index contributed by atoms with van der Waals surface area (Å²) in [5.41, 5.74) is 1.74. The van der Waals surface area contributed by atoms with Crippen molar-refractivity contribution in [3.8, 4) is 5.75 Å². The van der Waals surface area contributed by atoms with Crippen LogP contribution in [-0.4, -0.2) is 53.7 Å². The molecular formula is C21H25N3O3S. The van der Waals surface area contributed by atoms with Gasteiger partial charge in [-0.2, -0.15) is 0 Å². The van der Waals surface area contributed by atoms with Gasteiger partial charge in [-0.3, -0.25) is 9.59 Å². The lowest BCUT2D eigenvalue weighted by Gasteiger charge is -2.14. The van der Waals surface area contributed by atoms with Crippen LogP contribution in [-0.2, 0) is 4.79 Å². The Kier molecular flexibility index (Phi) is 7.31. The number of pyridine rings is 1. The van der Waals surface area contributed by atoms with E-state index in [1.807, 2.05) is 36.1 Å². The fraction of sp³-hybridized carbons (Fsp3) is 0.381. The molecule has 0 radical (unpaired) electrons. The molecule has 1 fully saturated rings. The Balaban J connectivity index is 1.35. The van der Waals surface area contributed by atoms with E-state index in [1.54, 1.807) is 18.3 Å². The summed E-state index contributed by atoms with van der Waals surface area (Å²) in [6.07, 6.45) is 3.73. The van der Waals surface area contributed by atoms with Crippen molar-refractivity contribution in [1.29, 1.82) is 0 Å². The molecule has 6 nitrogen and oxygen atoms in total. The number of nitrogens with zero attached hydrogens (tertiary/aromatic N) is 2. The molecule has 0 saturated carbocycles. The molecule has 0 aliphatic carbocycles. The van der Waals surface area contributed by atoms with Gasteiger partial charge in [0.1, 0.15) is 12.4 Å². The molecule has 1 aromatic carbocycles. The van der Waals surface area contributed by atoms with Gasteiger partial charge in [0.05, 0.1) is 22.9 Å². The fourth-order valence-electron chi connectivity index (χ4n) is 2.95. The standard InChI is InChI=1S/C21H25N3O3S/c1-16-5-4-6-18(13-16)27-12-9-22-19(25)15-28-20-8-7-17(14-23-20)21(26)24-10-2-3-11-24/h4-8,13-14H,2-3,9-12,15H2,1H3,(H,22,25). The van der Waals surface area contributed by atoms with Gasteiger partial charge in [-0.15, -0.1) is 0 Å². The highest BCUT2D eigenvalue weighted by Crippen LogP contribution is 2.17. The number of ether oxygens (including phenoxy) is 1. The van der Waals surface area contributed by atoms with Crippen LogP contribution in [0.15, 0.2) is 47.6 Å². The second-order valence-corrected chi connectivity index (χ2v) is 7.68. The number of rotatable bonds is 8. The van der Waals surface area contributed by atoms with Crippen LogP contribution in [0.25, 0.3) is 0 Å². The first-order chi connectivity index (χ1) is 13.6. The summed E-state index contributed by atoms with van der Waals surface area (Å²) in [5, 5.41) is 3.56. The van der Waals surface area contributed by atoms with E-state index < -0.39 is 0 Å². The molecule has 2 amide bonds. The summed E-state index contributed by atoms with van der Waals surface area (Å²) >= 11 is 1.35. The zero-order valence-electron chi connectivity index (χ0n) is 16.0. The third-order valence-electron chi connectivity index (χ3n) is 4.41. The number of aryl methyl sites for hydroxylation is 1. The quantitative estimate of drug-likeness (QED) is 0.546. The Morgan fingerprint density at radius 3 is 2.75 bits per heavy atom. The predicted molar refractivity (Wildman–Crippen MR) is 110 cm³/mol. The molecule has 3 rings (SSSR count). The van der Waals surface area contributed by atoms with Crippen molar-refractivity contribution in [3.63, 3.8) is 0 Å². The van der Waals surface area contributed by atoms with Crippen molar-refractivity contribution < 1.29 is 14.3 Å². The van der Waals surface area contributed by atoms with Crippen LogP contribution in [0.2, 0.25) is 0 Å². The molecule has 0 bridgehead atoms. The Morgan fingerprint density at radius 1 is 1.21 bits per heavy atom. The molecule has 2 aromatic rings. The molecule has 148 valence electrons. The molecule has 1 aliphatic rings. The van der Waals surface area contributed by atoms with Crippen LogP contribution in [0.4, 0.5) is 0 Å². The highest BCUT2D eigenvalue weighted by atomic mass is 32.2. The zero-order chi connectivity index (χ0) is 19.8. The molecule has 1 aliphatic heterocycles. The van der Waals surface area contributed by atoms with E-state index in [-0.39, 0.29) is 17.6 Å². The van der Waals surface area contributed by atoms with Crippen molar-refractivity contribution in [2.75, 3.05) is 32.0 Å². The maximum absolute atomic E-state index is 12.3. The van der Waals surface area contributed by atoms with E-state index in [2.05, 4.69) is 10.3 Å². The fourth-order valence-corrected chi connectivity index (χ4v) is 3.62. The molecule has 1 aromatic heterocycles. The van der Waals surface area contributed by atoms with E-state index in [0.29, 0.717) is 18.7 Å². The van der Waals surface area contributed by atoms with Gasteiger partial charge in [-0.1, -0.05) is 23.9 Å². The van der Waals surface area contributed by atoms with Crippen LogP contribution in [0.5, 0.6) is 5.75 Å². The van der Waals surface area contributed by atoms with Gasteiger partial charge in [-0.25, -0.2) is 4.98 Å². The molecule has 2 heterocycles. The summed E-state index contributed by atoms with van der Waals surface area (Å²) in [7, 11) is 0. The van der Waals surface area contributed by atoms with E-state index in [0.717, 1.165) is 42.3 Å². The maximum Gasteiger partial charge on any atom is 0.255 e. The number of carbonyl (C=O) groups is 2. The largest absolute Gasteiger partial charge is 0.492 e. The Morgan fingerprint density at radius 2 is 2.04 bits per heavy atom. The first-order valence-corrected chi connectivity index (χ1v) is 10.4. The lowest BCUT2D eigenvalue weighted by molar-refractivity contribution is -0.118. The van der Waals surface area contributed by atoms with Gasteiger partial charge < -0.3 is 15.0 Å². The lowest BCUT2D eigenvalue weighted by atomic mass is 10.2. The number of likely N-dealkylation sites (tertiary alicyclic amines) is 1. The number of benzene rings is 1. The smallest absolute Gasteiger partial charge is 0.255 e. The van der Waals surface area contributed by atoms with Crippen LogP contribution in [0.1, 0.15) is 28.8 Å². The molecule has 1 saturated heterocycles. The van der Waals surface area contributed by atoms with Gasteiger partial charge in [0, 0.05) is 19.3 Å². The summed E-state index contributed by atoms with van der Waals surface area (Å²) in [6.45, 7) is 4.52.